The summed E-state index contributed by atoms with van der Waals surface area (Å²) in [6, 6.07) is 9.57. The number of hydrogen-bond donors (Lipinski definition) is 1. The summed E-state index contributed by atoms with van der Waals surface area (Å²) < 4.78 is 0. The Morgan fingerprint density at radius 2 is 1.95 bits per heavy atom. The lowest BCUT2D eigenvalue weighted by molar-refractivity contribution is 0.250. The zero-order chi connectivity index (χ0) is 13.5. The van der Waals surface area contributed by atoms with Crippen LogP contribution >= 0.6 is 0 Å². The molecule has 0 aromatic heterocycles. The number of allylic oxidation sites excluding steroid dienone is 7. The molecule has 1 heterocycles. The number of hydrogen-bond acceptors (Lipinski definition) is 1. The van der Waals surface area contributed by atoms with Crippen LogP contribution in [0.5, 0.6) is 0 Å². The van der Waals surface area contributed by atoms with Crippen molar-refractivity contribution in [3.8, 4) is 0 Å². The van der Waals surface area contributed by atoms with Gasteiger partial charge in [-0.25, -0.2) is 4.79 Å². The summed E-state index contributed by atoms with van der Waals surface area (Å²) in [6.07, 6.45) is 10.4. The second-order valence-electron chi connectivity index (χ2n) is 4.97. The summed E-state index contributed by atoms with van der Waals surface area (Å²) in [7, 11) is 0. The fourth-order valence-corrected chi connectivity index (χ4v) is 2.78. The molecule has 0 saturated heterocycles. The van der Waals surface area contributed by atoms with Crippen LogP contribution in [0.4, 0.5) is 4.79 Å². The van der Waals surface area contributed by atoms with Crippen molar-refractivity contribution in [2.24, 2.45) is 10.9 Å². The van der Waals surface area contributed by atoms with E-state index < -0.39 is 0 Å². The molecule has 0 fully saturated rings. The van der Waals surface area contributed by atoms with Crippen LogP contribution in [0, 0.1) is 5.92 Å². The van der Waals surface area contributed by atoms with Crippen LogP contribution in [0.15, 0.2) is 82.5 Å². The van der Waals surface area contributed by atoms with Gasteiger partial charge in [0.05, 0.1) is 11.6 Å². The zero-order valence-corrected chi connectivity index (χ0v) is 10.7. The van der Waals surface area contributed by atoms with E-state index in [-0.39, 0.29) is 11.9 Å². The predicted molar refractivity (Wildman–Crippen MR) is 78.4 cm³/mol. The average molecular weight is 260 g/mol. The van der Waals surface area contributed by atoms with Crippen molar-refractivity contribution in [1.82, 2.24) is 5.32 Å². The van der Waals surface area contributed by atoms with Gasteiger partial charge in [0.25, 0.3) is 0 Å². The smallest absolute Gasteiger partial charge is 0.309 e. The number of aliphatic imine (C=N–C) groups is 1. The molecule has 1 unspecified atom stereocenters. The number of fused-ring (bicyclic) bond motifs is 2. The number of urea groups is 1. The molecule has 3 nitrogen and oxygen atoms in total. The largest absolute Gasteiger partial charge is 0.345 e. The second kappa shape index (κ2) is 4.17. The van der Waals surface area contributed by atoms with E-state index in [1.807, 2.05) is 42.5 Å². The number of benzene rings is 1. The molecular formula is C17H12N2O. The van der Waals surface area contributed by atoms with Gasteiger partial charge in [-0.1, -0.05) is 54.6 Å². The summed E-state index contributed by atoms with van der Waals surface area (Å²) in [6.45, 7) is 0. The van der Waals surface area contributed by atoms with E-state index in [9.17, 15) is 4.79 Å². The van der Waals surface area contributed by atoms with Gasteiger partial charge in [-0.3, -0.25) is 0 Å². The van der Waals surface area contributed by atoms with Gasteiger partial charge in [0.2, 0.25) is 0 Å². The number of amides is 2. The Balaban J connectivity index is 1.85. The lowest BCUT2D eigenvalue weighted by Gasteiger charge is -2.28. The van der Waals surface area contributed by atoms with Crippen molar-refractivity contribution in [2.45, 2.75) is 0 Å². The lowest BCUT2D eigenvalue weighted by atomic mass is 9.85. The third kappa shape index (κ3) is 1.67. The minimum Gasteiger partial charge on any atom is -0.309 e. The Hall–Kier alpha value is -2.68. The minimum atomic E-state index is -0.297. The summed E-state index contributed by atoms with van der Waals surface area (Å²) in [5.74, 6) is 0.0185. The molecule has 0 radical (unpaired) electrons. The van der Waals surface area contributed by atoms with Gasteiger partial charge in [0.1, 0.15) is 0 Å². The molecule has 2 aliphatic carbocycles. The van der Waals surface area contributed by atoms with Gasteiger partial charge in [-0.2, -0.15) is 4.99 Å². The van der Waals surface area contributed by atoms with Crippen molar-refractivity contribution >= 4 is 11.7 Å². The molecule has 1 aromatic carbocycles. The first-order chi connectivity index (χ1) is 9.81. The Bertz CT molecular complexity index is 748. The third-order valence-corrected chi connectivity index (χ3v) is 3.71. The molecule has 20 heavy (non-hydrogen) atoms. The quantitative estimate of drug-likeness (QED) is 0.828. The van der Waals surface area contributed by atoms with E-state index in [1.165, 1.54) is 5.57 Å². The van der Waals surface area contributed by atoms with Crippen molar-refractivity contribution in [3.63, 3.8) is 0 Å². The van der Waals surface area contributed by atoms with Gasteiger partial charge in [0, 0.05) is 5.70 Å². The highest BCUT2D eigenvalue weighted by Crippen LogP contribution is 2.33. The minimum absolute atomic E-state index is 0.0185. The molecule has 0 spiro atoms. The summed E-state index contributed by atoms with van der Waals surface area (Å²) in [5.41, 5.74) is 5.05. The van der Waals surface area contributed by atoms with Crippen molar-refractivity contribution in [3.05, 3.63) is 83.1 Å². The van der Waals surface area contributed by atoms with Gasteiger partial charge in [-0.05, 0) is 22.8 Å². The van der Waals surface area contributed by atoms with Crippen molar-refractivity contribution in [1.29, 1.82) is 0 Å². The molecule has 1 aromatic rings. The molecule has 1 N–H and O–H groups in total. The maximum absolute atomic E-state index is 11.8. The highest BCUT2D eigenvalue weighted by molar-refractivity contribution is 6.12. The Morgan fingerprint density at radius 1 is 1.10 bits per heavy atom. The first kappa shape index (κ1) is 11.2. The highest BCUT2D eigenvalue weighted by atomic mass is 16.2. The molecule has 0 saturated carbocycles. The maximum Gasteiger partial charge on any atom is 0.345 e. The Morgan fingerprint density at radius 3 is 2.80 bits per heavy atom. The predicted octanol–water partition coefficient (Wildman–Crippen LogP) is 3.14. The SMILES string of the molecule is O=C1N=C(c2ccccc2)C2C=C3C=CC=C3C=C2N1. The number of nitrogens with zero attached hydrogens (tertiary/aromatic N) is 1. The standard InChI is InChI=1S/C17H12N2O/c20-17-18-15-10-13-8-4-7-12(13)9-14(15)16(19-17)11-5-2-1-3-6-11/h1-10,14H,(H,18,20). The van der Waals surface area contributed by atoms with Crippen LogP contribution in [0.25, 0.3) is 0 Å². The van der Waals surface area contributed by atoms with Crippen LogP contribution in [-0.4, -0.2) is 11.7 Å². The van der Waals surface area contributed by atoms with E-state index in [2.05, 4.69) is 28.5 Å². The summed E-state index contributed by atoms with van der Waals surface area (Å²) in [5, 5.41) is 2.85. The average Bonchev–Trinajstić information content (AvgIpc) is 2.92. The fraction of sp³-hybridized carbons (Fsp3) is 0.0588. The molecule has 0 bridgehead atoms. The van der Waals surface area contributed by atoms with E-state index in [4.69, 9.17) is 0 Å². The van der Waals surface area contributed by atoms with Gasteiger partial charge < -0.3 is 5.32 Å². The Labute approximate surface area is 116 Å². The monoisotopic (exact) mass is 260 g/mol. The Kier molecular flexibility index (Phi) is 2.33. The number of carbonyl (C=O) groups is 1. The molecule has 3 aliphatic rings. The van der Waals surface area contributed by atoms with E-state index in [0.717, 1.165) is 22.5 Å². The zero-order valence-electron chi connectivity index (χ0n) is 10.7. The maximum atomic E-state index is 11.8. The first-order valence-electron chi connectivity index (χ1n) is 6.58. The molecule has 1 aliphatic heterocycles. The van der Waals surface area contributed by atoms with Crippen molar-refractivity contribution in [2.75, 3.05) is 0 Å². The molecule has 4 rings (SSSR count). The van der Waals surface area contributed by atoms with E-state index in [1.54, 1.807) is 0 Å². The van der Waals surface area contributed by atoms with Gasteiger partial charge >= 0.3 is 6.03 Å². The van der Waals surface area contributed by atoms with Crippen LogP contribution in [-0.2, 0) is 0 Å². The fourth-order valence-electron chi connectivity index (χ4n) is 2.78. The normalized spacial score (nSPS) is 23.0. The first-order valence-corrected chi connectivity index (χ1v) is 6.58. The molecule has 1 atom stereocenters. The molecule has 96 valence electrons. The van der Waals surface area contributed by atoms with Crippen LogP contribution in [0.1, 0.15) is 5.56 Å². The number of nitrogens with one attached hydrogen (secondary N) is 1. The van der Waals surface area contributed by atoms with Crippen LogP contribution in [0.3, 0.4) is 0 Å². The molecular weight excluding hydrogens is 248 g/mol. The number of carbonyl (C=O) groups excluding carboxylic acids is 1. The second-order valence-corrected chi connectivity index (χ2v) is 4.97. The van der Waals surface area contributed by atoms with Crippen molar-refractivity contribution < 1.29 is 4.79 Å². The van der Waals surface area contributed by atoms with Gasteiger partial charge in [0.15, 0.2) is 0 Å². The van der Waals surface area contributed by atoms with E-state index in [0.29, 0.717) is 0 Å². The van der Waals surface area contributed by atoms with Crippen LogP contribution in [0.2, 0.25) is 0 Å². The lowest BCUT2D eigenvalue weighted by Crippen LogP contribution is -2.36. The number of rotatable bonds is 1. The van der Waals surface area contributed by atoms with E-state index >= 15 is 0 Å². The highest BCUT2D eigenvalue weighted by Gasteiger charge is 2.30. The topological polar surface area (TPSA) is 41.5 Å². The molecule has 2 amide bonds. The van der Waals surface area contributed by atoms with Gasteiger partial charge in [-0.15, -0.1) is 0 Å². The summed E-state index contributed by atoms with van der Waals surface area (Å²) >= 11 is 0. The summed E-state index contributed by atoms with van der Waals surface area (Å²) in [4.78, 5) is 16.0. The van der Waals surface area contributed by atoms with Crippen LogP contribution < -0.4 is 5.32 Å². The third-order valence-electron chi connectivity index (χ3n) is 3.71. The molecule has 3 heteroatoms.